The molecule has 5 nitrogen and oxygen atoms in total. The quantitative estimate of drug-likeness (QED) is 0.324. The molecule has 74 valence electrons. The lowest BCUT2D eigenvalue weighted by Gasteiger charge is -2.02. The van der Waals surface area contributed by atoms with Crippen LogP contribution in [0.3, 0.4) is 0 Å². The molecular weight excluding hydrogens is 184 g/mol. The van der Waals surface area contributed by atoms with Gasteiger partial charge in [-0.05, 0) is 23.8 Å². The third-order valence-electron chi connectivity index (χ3n) is 1.53. The van der Waals surface area contributed by atoms with E-state index in [0.29, 0.717) is 11.3 Å². The van der Waals surface area contributed by atoms with Crippen molar-refractivity contribution in [3.63, 3.8) is 0 Å². The molecule has 5 heteroatoms. The Kier molecular flexibility index (Phi) is 3.09. The molecule has 1 aromatic carbocycles. The predicted octanol–water partition coefficient (Wildman–Crippen LogP) is 0.776. The lowest BCUT2D eigenvalue weighted by molar-refractivity contribution is -0.131. The van der Waals surface area contributed by atoms with Crippen LogP contribution in [0.5, 0.6) is 5.75 Å². The smallest absolute Gasteiger partial charge is 0.328 e. The van der Waals surface area contributed by atoms with E-state index >= 15 is 0 Å². The summed E-state index contributed by atoms with van der Waals surface area (Å²) in [6, 6.07) is 4.47. The number of carboxylic acid groups (broad SMARTS) is 1. The predicted molar refractivity (Wildman–Crippen MR) is 52.6 cm³/mol. The third-order valence-corrected chi connectivity index (χ3v) is 1.53. The average Bonchev–Trinajstić information content (AvgIpc) is 2.14. The van der Waals surface area contributed by atoms with Gasteiger partial charge in [0.1, 0.15) is 5.75 Å². The van der Waals surface area contributed by atoms with E-state index in [1.54, 1.807) is 6.07 Å². The summed E-state index contributed by atoms with van der Waals surface area (Å²) in [5.41, 5.74) is 3.42. The van der Waals surface area contributed by atoms with E-state index in [2.05, 4.69) is 5.43 Å². The number of rotatable bonds is 3. The van der Waals surface area contributed by atoms with Crippen molar-refractivity contribution >= 4 is 17.7 Å². The molecule has 0 amide bonds. The molecule has 1 aromatic rings. The Balaban J connectivity index is 2.97. The van der Waals surface area contributed by atoms with E-state index in [4.69, 9.17) is 10.9 Å². The number of anilines is 1. The van der Waals surface area contributed by atoms with Gasteiger partial charge < -0.3 is 15.6 Å². The molecule has 0 bridgehead atoms. The highest BCUT2D eigenvalue weighted by molar-refractivity contribution is 5.85. The second-order valence-electron chi connectivity index (χ2n) is 2.63. The number of carboxylic acids is 1. The molecule has 0 saturated carbocycles. The Labute approximate surface area is 80.4 Å². The van der Waals surface area contributed by atoms with Gasteiger partial charge in [-0.3, -0.25) is 5.84 Å². The summed E-state index contributed by atoms with van der Waals surface area (Å²) in [5.74, 6) is 4.12. The van der Waals surface area contributed by atoms with Crippen LogP contribution in [-0.4, -0.2) is 16.2 Å². The summed E-state index contributed by atoms with van der Waals surface area (Å²) in [7, 11) is 0. The summed E-state index contributed by atoms with van der Waals surface area (Å²) in [5, 5.41) is 17.6. The van der Waals surface area contributed by atoms with Crippen LogP contribution in [0.2, 0.25) is 0 Å². The number of hydrazine groups is 1. The molecular formula is C9H10N2O3. The summed E-state index contributed by atoms with van der Waals surface area (Å²) in [6.07, 6.45) is 2.35. The van der Waals surface area contributed by atoms with Crippen molar-refractivity contribution in [1.82, 2.24) is 0 Å². The Bertz CT molecular complexity index is 374. The lowest BCUT2D eigenvalue weighted by Crippen LogP contribution is -2.06. The first-order valence-corrected chi connectivity index (χ1v) is 3.83. The van der Waals surface area contributed by atoms with Gasteiger partial charge in [-0.2, -0.15) is 0 Å². The number of benzene rings is 1. The van der Waals surface area contributed by atoms with Crippen molar-refractivity contribution in [3.8, 4) is 5.75 Å². The van der Waals surface area contributed by atoms with Gasteiger partial charge in [-0.15, -0.1) is 0 Å². The van der Waals surface area contributed by atoms with Crippen LogP contribution in [0, 0.1) is 0 Å². The van der Waals surface area contributed by atoms with Crippen LogP contribution in [0.25, 0.3) is 6.08 Å². The number of nitrogen functional groups attached to an aromatic ring is 1. The van der Waals surface area contributed by atoms with Crippen molar-refractivity contribution in [3.05, 3.63) is 29.8 Å². The van der Waals surface area contributed by atoms with E-state index in [9.17, 15) is 9.90 Å². The normalized spacial score (nSPS) is 10.4. The maximum Gasteiger partial charge on any atom is 0.328 e. The molecule has 0 radical (unpaired) electrons. The first-order chi connectivity index (χ1) is 6.61. The van der Waals surface area contributed by atoms with E-state index < -0.39 is 5.97 Å². The van der Waals surface area contributed by atoms with Crippen molar-refractivity contribution in [2.45, 2.75) is 0 Å². The van der Waals surface area contributed by atoms with Crippen molar-refractivity contribution in [1.29, 1.82) is 0 Å². The minimum atomic E-state index is -1.05. The average molecular weight is 194 g/mol. The molecule has 0 fully saturated rings. The molecule has 0 unspecified atom stereocenters. The molecule has 0 saturated heterocycles. The Morgan fingerprint density at radius 2 is 2.14 bits per heavy atom. The van der Waals surface area contributed by atoms with Crippen LogP contribution in [0.4, 0.5) is 5.69 Å². The van der Waals surface area contributed by atoms with Crippen LogP contribution < -0.4 is 11.3 Å². The molecule has 0 heterocycles. The van der Waals surface area contributed by atoms with E-state index in [1.165, 1.54) is 18.2 Å². The topological polar surface area (TPSA) is 95.6 Å². The highest BCUT2D eigenvalue weighted by Gasteiger charge is 1.96. The van der Waals surface area contributed by atoms with E-state index in [0.717, 1.165) is 6.08 Å². The third kappa shape index (κ3) is 2.80. The summed E-state index contributed by atoms with van der Waals surface area (Å²) in [6.45, 7) is 0. The number of phenolic OH excluding ortho intramolecular Hbond substituents is 1. The number of nitrogens with two attached hydrogens (primary N) is 1. The van der Waals surface area contributed by atoms with Gasteiger partial charge in [0.15, 0.2) is 0 Å². The second kappa shape index (κ2) is 4.29. The minimum Gasteiger partial charge on any atom is -0.508 e. The molecule has 1 rings (SSSR count). The standard InChI is InChI=1S/C9H10N2O3/c10-11-7-3-6(1-2-9(13)14)4-8(12)5-7/h1-5,11-12H,10H2,(H,13,14)/b2-1+. The first kappa shape index (κ1) is 10.1. The first-order valence-electron chi connectivity index (χ1n) is 3.83. The summed E-state index contributed by atoms with van der Waals surface area (Å²) in [4.78, 5) is 10.2. The maximum atomic E-state index is 10.2. The van der Waals surface area contributed by atoms with Gasteiger partial charge in [-0.25, -0.2) is 4.79 Å². The molecule has 5 N–H and O–H groups in total. The zero-order chi connectivity index (χ0) is 10.6. The minimum absolute atomic E-state index is 0.0190. The SMILES string of the molecule is NNc1cc(O)cc(/C=C/C(=O)O)c1. The fourth-order valence-electron chi connectivity index (χ4n) is 0.982. The fourth-order valence-corrected chi connectivity index (χ4v) is 0.982. The van der Waals surface area contributed by atoms with Gasteiger partial charge in [0.05, 0.1) is 5.69 Å². The van der Waals surface area contributed by atoms with Gasteiger partial charge >= 0.3 is 5.97 Å². The van der Waals surface area contributed by atoms with Gasteiger partial charge in [0.25, 0.3) is 0 Å². The highest BCUT2D eigenvalue weighted by Crippen LogP contribution is 2.19. The zero-order valence-corrected chi connectivity index (χ0v) is 7.27. The number of hydrogen-bond donors (Lipinski definition) is 4. The summed E-state index contributed by atoms with van der Waals surface area (Å²) < 4.78 is 0. The van der Waals surface area contributed by atoms with Gasteiger partial charge in [0.2, 0.25) is 0 Å². The Morgan fingerprint density at radius 1 is 1.43 bits per heavy atom. The monoisotopic (exact) mass is 194 g/mol. The van der Waals surface area contributed by atoms with E-state index in [1.807, 2.05) is 0 Å². The highest BCUT2D eigenvalue weighted by atomic mass is 16.4. The molecule has 0 aliphatic heterocycles. The number of nitrogens with one attached hydrogen (secondary N) is 1. The molecule has 0 aliphatic rings. The van der Waals surface area contributed by atoms with Crippen LogP contribution in [0.15, 0.2) is 24.3 Å². The van der Waals surface area contributed by atoms with Crippen LogP contribution in [0.1, 0.15) is 5.56 Å². The molecule has 0 spiro atoms. The molecule has 0 aromatic heterocycles. The number of carbonyl (C=O) groups is 1. The van der Waals surface area contributed by atoms with Crippen molar-refractivity contribution in [2.24, 2.45) is 5.84 Å². The zero-order valence-electron chi connectivity index (χ0n) is 7.27. The number of aliphatic carboxylic acids is 1. The summed E-state index contributed by atoms with van der Waals surface area (Å²) >= 11 is 0. The Morgan fingerprint density at radius 3 is 2.71 bits per heavy atom. The Hall–Kier alpha value is -2.01. The number of aromatic hydroxyl groups is 1. The second-order valence-corrected chi connectivity index (χ2v) is 2.63. The molecule has 14 heavy (non-hydrogen) atoms. The van der Waals surface area contributed by atoms with Crippen molar-refractivity contribution < 1.29 is 15.0 Å². The lowest BCUT2D eigenvalue weighted by atomic mass is 10.2. The number of phenols is 1. The maximum absolute atomic E-state index is 10.2. The fraction of sp³-hybridized carbons (Fsp3) is 0. The van der Waals surface area contributed by atoms with Crippen LogP contribution >= 0.6 is 0 Å². The van der Waals surface area contributed by atoms with E-state index in [-0.39, 0.29) is 5.75 Å². The number of hydrogen-bond acceptors (Lipinski definition) is 4. The van der Waals surface area contributed by atoms with Gasteiger partial charge in [-0.1, -0.05) is 0 Å². The van der Waals surface area contributed by atoms with Crippen LogP contribution in [-0.2, 0) is 4.79 Å². The van der Waals surface area contributed by atoms with Gasteiger partial charge in [0, 0.05) is 12.1 Å². The van der Waals surface area contributed by atoms with Crippen molar-refractivity contribution in [2.75, 3.05) is 5.43 Å². The molecule has 0 aliphatic carbocycles. The largest absolute Gasteiger partial charge is 0.508 e. The molecule has 0 atom stereocenters.